The Kier molecular flexibility index (Phi) is 8.06. The van der Waals surface area contributed by atoms with Crippen molar-refractivity contribution < 1.29 is 9.59 Å². The van der Waals surface area contributed by atoms with E-state index in [2.05, 4.69) is 11.4 Å². The van der Waals surface area contributed by atoms with Crippen molar-refractivity contribution in [2.45, 2.75) is 59.2 Å². The molecule has 1 N–H and O–H groups in total. The average molecular weight is 401 g/mol. The second-order valence-corrected chi connectivity index (χ2v) is 7.84. The molecule has 2 aromatic carbocycles. The third-order valence-corrected chi connectivity index (χ3v) is 4.77. The van der Waals surface area contributed by atoms with Crippen molar-refractivity contribution in [1.29, 1.82) is 0 Å². The molecule has 0 aliphatic rings. The molecule has 0 saturated heterocycles. The summed E-state index contributed by atoms with van der Waals surface area (Å²) < 4.78 is 0. The zero-order valence-corrected chi connectivity index (χ0v) is 17.8. The molecule has 0 spiro atoms. The lowest BCUT2D eigenvalue weighted by molar-refractivity contribution is -0.141. The number of nitrogens with one attached hydrogen (secondary N) is 1. The summed E-state index contributed by atoms with van der Waals surface area (Å²) in [7, 11) is 0. The number of hydrogen-bond acceptors (Lipinski definition) is 2. The van der Waals surface area contributed by atoms with Gasteiger partial charge in [0.1, 0.15) is 6.04 Å². The number of nitrogens with zero attached hydrogens (tertiary/aromatic N) is 1. The minimum atomic E-state index is -0.511. The zero-order valence-electron chi connectivity index (χ0n) is 17.0. The standard InChI is InChI=1S/C23H29ClN2O2/c1-5-21(23(28)25-16(2)3)26(15-19-8-6-7-17(4)13-19)22(27)14-18-9-11-20(24)12-10-18/h6-13,16,21H,5,14-15H2,1-4H3,(H,25,28)/t21-/m0/s1. The van der Waals surface area contributed by atoms with E-state index in [4.69, 9.17) is 11.6 Å². The average Bonchev–Trinajstić information content (AvgIpc) is 2.63. The molecule has 2 rings (SSSR count). The van der Waals surface area contributed by atoms with E-state index in [-0.39, 0.29) is 24.3 Å². The van der Waals surface area contributed by atoms with Gasteiger partial charge in [0.05, 0.1) is 6.42 Å². The van der Waals surface area contributed by atoms with Gasteiger partial charge in [0, 0.05) is 17.6 Å². The van der Waals surface area contributed by atoms with Crippen LogP contribution in [0, 0.1) is 6.92 Å². The molecule has 5 heteroatoms. The second-order valence-electron chi connectivity index (χ2n) is 7.40. The van der Waals surface area contributed by atoms with Crippen LogP contribution in [0.25, 0.3) is 0 Å². The number of amides is 2. The van der Waals surface area contributed by atoms with Crippen LogP contribution in [-0.2, 0) is 22.6 Å². The van der Waals surface area contributed by atoms with E-state index in [9.17, 15) is 9.59 Å². The van der Waals surface area contributed by atoms with Crippen LogP contribution in [0.1, 0.15) is 43.9 Å². The molecule has 1 atom stereocenters. The first-order valence-electron chi connectivity index (χ1n) is 9.70. The molecule has 0 unspecified atom stereocenters. The van der Waals surface area contributed by atoms with Crippen LogP contribution in [0.15, 0.2) is 48.5 Å². The summed E-state index contributed by atoms with van der Waals surface area (Å²) >= 11 is 5.95. The van der Waals surface area contributed by atoms with Gasteiger partial charge in [-0.2, -0.15) is 0 Å². The maximum absolute atomic E-state index is 13.2. The van der Waals surface area contributed by atoms with Gasteiger partial charge in [-0.05, 0) is 50.5 Å². The van der Waals surface area contributed by atoms with E-state index in [0.717, 1.165) is 16.7 Å². The predicted molar refractivity (Wildman–Crippen MR) is 114 cm³/mol. The Hall–Kier alpha value is -2.33. The zero-order chi connectivity index (χ0) is 20.7. The van der Waals surface area contributed by atoms with Crippen LogP contribution < -0.4 is 5.32 Å². The predicted octanol–water partition coefficient (Wildman–Crippen LogP) is 4.52. The van der Waals surface area contributed by atoms with Crippen molar-refractivity contribution in [2.24, 2.45) is 0 Å². The van der Waals surface area contributed by atoms with Crippen LogP contribution >= 0.6 is 11.6 Å². The monoisotopic (exact) mass is 400 g/mol. The summed E-state index contributed by atoms with van der Waals surface area (Å²) in [5, 5.41) is 3.58. The van der Waals surface area contributed by atoms with Crippen molar-refractivity contribution in [3.63, 3.8) is 0 Å². The molecule has 0 fully saturated rings. The number of carbonyl (C=O) groups is 2. The minimum Gasteiger partial charge on any atom is -0.352 e. The van der Waals surface area contributed by atoms with E-state index in [1.807, 2.05) is 58.0 Å². The molecule has 2 aromatic rings. The lowest BCUT2D eigenvalue weighted by Gasteiger charge is -2.31. The third-order valence-electron chi connectivity index (χ3n) is 4.52. The van der Waals surface area contributed by atoms with Crippen LogP contribution in [0.5, 0.6) is 0 Å². The first-order valence-corrected chi connectivity index (χ1v) is 10.1. The number of halogens is 1. The number of carbonyl (C=O) groups excluding carboxylic acids is 2. The molecule has 4 nitrogen and oxygen atoms in total. The highest BCUT2D eigenvalue weighted by Crippen LogP contribution is 2.17. The summed E-state index contributed by atoms with van der Waals surface area (Å²) in [6.07, 6.45) is 0.783. The fourth-order valence-corrected chi connectivity index (χ4v) is 3.31. The summed E-state index contributed by atoms with van der Waals surface area (Å²) in [6, 6.07) is 14.8. The minimum absolute atomic E-state index is 0.0220. The van der Waals surface area contributed by atoms with Gasteiger partial charge in [0.15, 0.2) is 0 Å². The Labute approximate surface area is 172 Å². The Morgan fingerprint density at radius 1 is 1.07 bits per heavy atom. The highest BCUT2D eigenvalue weighted by Gasteiger charge is 2.28. The smallest absolute Gasteiger partial charge is 0.243 e. The first-order chi connectivity index (χ1) is 13.3. The summed E-state index contributed by atoms with van der Waals surface area (Å²) in [5.41, 5.74) is 3.02. The molecule has 0 bridgehead atoms. The highest BCUT2D eigenvalue weighted by atomic mass is 35.5. The molecule has 0 aromatic heterocycles. The van der Waals surface area contributed by atoms with Crippen molar-refractivity contribution >= 4 is 23.4 Å². The Balaban J connectivity index is 2.28. The lowest BCUT2D eigenvalue weighted by atomic mass is 10.1. The van der Waals surface area contributed by atoms with Crippen LogP contribution in [-0.4, -0.2) is 28.8 Å². The molecule has 0 radical (unpaired) electrons. The first kappa shape index (κ1) is 22.0. The van der Waals surface area contributed by atoms with Crippen molar-refractivity contribution in [2.75, 3.05) is 0 Å². The molecule has 150 valence electrons. The largest absolute Gasteiger partial charge is 0.352 e. The Morgan fingerprint density at radius 2 is 1.75 bits per heavy atom. The van der Waals surface area contributed by atoms with Crippen LogP contribution in [0.4, 0.5) is 0 Å². The van der Waals surface area contributed by atoms with Crippen LogP contribution in [0.2, 0.25) is 5.02 Å². The summed E-state index contributed by atoms with van der Waals surface area (Å²) in [5.74, 6) is -0.191. The van der Waals surface area contributed by atoms with Crippen LogP contribution in [0.3, 0.4) is 0 Å². The van der Waals surface area contributed by atoms with E-state index in [1.165, 1.54) is 0 Å². The maximum atomic E-state index is 13.2. The van der Waals surface area contributed by atoms with Gasteiger partial charge in [-0.1, -0.05) is 60.5 Å². The lowest BCUT2D eigenvalue weighted by Crippen LogP contribution is -2.50. The van der Waals surface area contributed by atoms with Crippen molar-refractivity contribution in [3.8, 4) is 0 Å². The Morgan fingerprint density at radius 3 is 2.32 bits per heavy atom. The molecule has 2 amide bonds. The summed E-state index contributed by atoms with van der Waals surface area (Å²) in [4.78, 5) is 27.6. The normalized spacial score (nSPS) is 11.9. The quantitative estimate of drug-likeness (QED) is 0.708. The van der Waals surface area contributed by atoms with E-state index in [1.54, 1.807) is 17.0 Å². The molecular weight excluding hydrogens is 372 g/mol. The third kappa shape index (κ3) is 6.38. The van der Waals surface area contributed by atoms with Gasteiger partial charge in [-0.15, -0.1) is 0 Å². The van der Waals surface area contributed by atoms with Crippen molar-refractivity contribution in [1.82, 2.24) is 10.2 Å². The fourth-order valence-electron chi connectivity index (χ4n) is 3.19. The van der Waals surface area contributed by atoms with Gasteiger partial charge in [0.2, 0.25) is 11.8 Å². The number of rotatable bonds is 8. The van der Waals surface area contributed by atoms with Gasteiger partial charge < -0.3 is 10.2 Å². The van der Waals surface area contributed by atoms with E-state index in [0.29, 0.717) is 18.0 Å². The molecule has 0 aliphatic heterocycles. The number of benzene rings is 2. The maximum Gasteiger partial charge on any atom is 0.243 e. The van der Waals surface area contributed by atoms with E-state index >= 15 is 0 Å². The molecule has 0 saturated carbocycles. The van der Waals surface area contributed by atoms with Crippen molar-refractivity contribution in [3.05, 3.63) is 70.2 Å². The molecule has 0 heterocycles. The molecule has 28 heavy (non-hydrogen) atoms. The molecule has 0 aliphatic carbocycles. The van der Waals surface area contributed by atoms with Gasteiger partial charge in [-0.3, -0.25) is 9.59 Å². The fraction of sp³-hybridized carbons (Fsp3) is 0.391. The van der Waals surface area contributed by atoms with Gasteiger partial charge in [-0.25, -0.2) is 0 Å². The van der Waals surface area contributed by atoms with Gasteiger partial charge >= 0.3 is 0 Å². The second kappa shape index (κ2) is 10.3. The summed E-state index contributed by atoms with van der Waals surface area (Å²) in [6.45, 7) is 8.20. The molecular formula is C23H29ClN2O2. The topological polar surface area (TPSA) is 49.4 Å². The van der Waals surface area contributed by atoms with E-state index < -0.39 is 6.04 Å². The highest BCUT2D eigenvalue weighted by molar-refractivity contribution is 6.30. The SMILES string of the molecule is CC[C@@H](C(=O)NC(C)C)N(Cc1cccc(C)c1)C(=O)Cc1ccc(Cl)cc1. The number of hydrogen-bond donors (Lipinski definition) is 1. The Bertz CT molecular complexity index is 803. The number of aryl methyl sites for hydroxylation is 1. The van der Waals surface area contributed by atoms with Gasteiger partial charge in [0.25, 0.3) is 0 Å².